The van der Waals surface area contributed by atoms with Crippen LogP contribution in [-0.4, -0.2) is 74.8 Å². The molecule has 5 rings (SSSR count). The molecule has 1 unspecified atom stereocenters. The molecule has 2 aromatic carbocycles. The number of amides is 1. The third-order valence-corrected chi connectivity index (χ3v) is 9.46. The van der Waals surface area contributed by atoms with E-state index in [9.17, 15) is 19.3 Å². The lowest BCUT2D eigenvalue weighted by Crippen LogP contribution is -2.46. The number of aromatic nitrogens is 2. The molecule has 4 atom stereocenters. The average Bonchev–Trinajstić information content (AvgIpc) is 3.54. The van der Waals surface area contributed by atoms with Crippen molar-refractivity contribution in [1.82, 2.24) is 24.7 Å². The Morgan fingerprint density at radius 1 is 1.09 bits per heavy atom. The summed E-state index contributed by atoms with van der Waals surface area (Å²) in [4.78, 5) is 51.0. The smallest absolute Gasteiger partial charge is 0.407 e. The third kappa shape index (κ3) is 7.06. The highest BCUT2D eigenvalue weighted by molar-refractivity contribution is 7.43. The zero-order valence-electron chi connectivity index (χ0n) is 26.5. The maximum atomic E-state index is 13.0. The predicted octanol–water partition coefficient (Wildman–Crippen LogP) is 4.24. The Labute approximate surface area is 263 Å². The van der Waals surface area contributed by atoms with Gasteiger partial charge in [0.1, 0.15) is 18.9 Å². The first-order valence-corrected chi connectivity index (χ1v) is 16.4. The maximum absolute atomic E-state index is 13.0. The quantitative estimate of drug-likeness (QED) is 0.208. The SMILES string of the molecule is Cc1cn([C@H]2C[C@H](OP(O)N(C)N(C(C)C)C(C)C)[C@@H](CNC(=O)OCC3c4ccccc4-c4ccccc43)O2)c(=O)[nH]c1=O. The van der Waals surface area contributed by atoms with Crippen LogP contribution in [0.4, 0.5) is 4.79 Å². The zero-order valence-corrected chi connectivity index (χ0v) is 27.4. The van der Waals surface area contributed by atoms with Crippen molar-refractivity contribution in [1.29, 1.82) is 0 Å². The van der Waals surface area contributed by atoms with Gasteiger partial charge in [-0.1, -0.05) is 48.5 Å². The largest absolute Gasteiger partial charge is 0.449 e. The maximum Gasteiger partial charge on any atom is 0.407 e. The summed E-state index contributed by atoms with van der Waals surface area (Å²) in [6.45, 7) is 9.89. The van der Waals surface area contributed by atoms with E-state index in [4.69, 9.17) is 14.0 Å². The third-order valence-electron chi connectivity index (χ3n) is 8.30. The van der Waals surface area contributed by atoms with Crippen molar-refractivity contribution in [3.05, 3.63) is 92.3 Å². The van der Waals surface area contributed by atoms with Gasteiger partial charge >= 0.3 is 11.8 Å². The van der Waals surface area contributed by atoms with Crippen molar-refractivity contribution in [2.24, 2.45) is 0 Å². The summed E-state index contributed by atoms with van der Waals surface area (Å²) in [6, 6.07) is 16.4. The highest BCUT2D eigenvalue weighted by atomic mass is 31.2. The summed E-state index contributed by atoms with van der Waals surface area (Å²) in [5.41, 5.74) is 3.76. The number of aryl methyl sites for hydroxylation is 1. The molecule has 45 heavy (non-hydrogen) atoms. The van der Waals surface area contributed by atoms with E-state index in [2.05, 4.69) is 34.6 Å². The second-order valence-electron chi connectivity index (χ2n) is 12.0. The standard InChI is InChI=1S/C32H42N5O7P/c1-19(2)37(20(3)4)35(6)45(41)44-27-15-29(36-17-21(5)30(38)34-31(36)39)43-28(27)16-33-32(40)42-18-26-24-13-9-7-11-22(24)23-12-8-10-14-25(23)26/h7-14,17,19-20,26-29,41H,15-16,18H2,1-6H3,(H,33,40)(H,34,38,39)/t27-,28+,29+,45?/m0/s1. The number of alkyl carbamates (subject to hydrolysis) is 1. The fourth-order valence-electron chi connectivity index (χ4n) is 6.34. The number of hydrazine groups is 1. The van der Waals surface area contributed by atoms with Crippen LogP contribution in [0.3, 0.4) is 0 Å². The van der Waals surface area contributed by atoms with Gasteiger partial charge in [0, 0.05) is 49.8 Å². The van der Waals surface area contributed by atoms with Gasteiger partial charge in [0.2, 0.25) is 0 Å². The van der Waals surface area contributed by atoms with Gasteiger partial charge in [-0.15, -0.1) is 0 Å². The summed E-state index contributed by atoms with van der Waals surface area (Å²) in [5.74, 6) is -0.0833. The Morgan fingerprint density at radius 3 is 2.29 bits per heavy atom. The van der Waals surface area contributed by atoms with E-state index in [-0.39, 0.29) is 37.6 Å². The fourth-order valence-corrected chi connectivity index (χ4v) is 7.53. The Hall–Kier alpha value is -3.38. The van der Waals surface area contributed by atoms with Gasteiger partial charge in [-0.25, -0.2) is 14.6 Å². The molecule has 12 nitrogen and oxygen atoms in total. The van der Waals surface area contributed by atoms with Gasteiger partial charge in [0.25, 0.3) is 14.1 Å². The first-order chi connectivity index (χ1) is 21.5. The van der Waals surface area contributed by atoms with Crippen LogP contribution in [0.2, 0.25) is 0 Å². The number of ether oxygens (including phenoxy) is 2. The average molecular weight is 640 g/mol. The summed E-state index contributed by atoms with van der Waals surface area (Å²) < 4.78 is 21.1. The molecule has 3 N–H and O–H groups in total. The summed E-state index contributed by atoms with van der Waals surface area (Å²) in [5, 5.41) is 4.80. The van der Waals surface area contributed by atoms with Gasteiger partial charge in [0.05, 0.1) is 6.10 Å². The summed E-state index contributed by atoms with van der Waals surface area (Å²) in [6.07, 6.45) is -1.15. The second kappa shape index (κ2) is 13.9. The number of carbonyl (C=O) groups is 1. The first-order valence-electron chi connectivity index (χ1n) is 15.2. The van der Waals surface area contributed by atoms with Crippen molar-refractivity contribution in [2.75, 3.05) is 20.2 Å². The fraction of sp³-hybridized carbons (Fsp3) is 0.469. The normalized spacial score (nSPS) is 20.2. The van der Waals surface area contributed by atoms with Gasteiger partial charge in [0.15, 0.2) is 0 Å². The molecule has 1 saturated heterocycles. The molecule has 1 aliphatic heterocycles. The van der Waals surface area contributed by atoms with E-state index >= 15 is 0 Å². The Bertz CT molecular complexity index is 1570. The van der Waals surface area contributed by atoms with Gasteiger partial charge in [-0.2, -0.15) is 4.78 Å². The molecule has 242 valence electrons. The van der Waals surface area contributed by atoms with E-state index in [0.717, 1.165) is 22.3 Å². The molecule has 13 heteroatoms. The number of carbonyl (C=O) groups excluding carboxylic acids is 1. The van der Waals surface area contributed by atoms with Crippen molar-refractivity contribution in [2.45, 2.75) is 77.5 Å². The van der Waals surface area contributed by atoms with Crippen LogP contribution in [0.15, 0.2) is 64.3 Å². The minimum atomic E-state index is -2.09. The molecule has 0 bridgehead atoms. The van der Waals surface area contributed by atoms with E-state index in [1.807, 2.05) is 57.0 Å². The molecule has 0 radical (unpaired) electrons. The molecular weight excluding hydrogens is 597 g/mol. The molecule has 1 amide bonds. The molecule has 1 aliphatic carbocycles. The van der Waals surface area contributed by atoms with Crippen LogP contribution in [0, 0.1) is 6.92 Å². The lowest BCUT2D eigenvalue weighted by atomic mass is 9.98. The number of hydrogen-bond acceptors (Lipinski definition) is 9. The van der Waals surface area contributed by atoms with Gasteiger partial charge in [-0.05, 0) is 56.9 Å². The molecular formula is C32H42N5O7P. The highest BCUT2D eigenvalue weighted by Crippen LogP contribution is 2.45. The van der Waals surface area contributed by atoms with Crippen LogP contribution < -0.4 is 16.6 Å². The van der Waals surface area contributed by atoms with Crippen LogP contribution in [0.5, 0.6) is 0 Å². The van der Waals surface area contributed by atoms with E-state index in [0.29, 0.717) is 5.56 Å². The van der Waals surface area contributed by atoms with E-state index in [1.54, 1.807) is 18.8 Å². The summed E-state index contributed by atoms with van der Waals surface area (Å²) in [7, 11) is -0.326. The minimum absolute atomic E-state index is 0.0138. The van der Waals surface area contributed by atoms with Crippen LogP contribution in [0.1, 0.15) is 63.0 Å². The van der Waals surface area contributed by atoms with Crippen LogP contribution >= 0.6 is 8.53 Å². The van der Waals surface area contributed by atoms with E-state index in [1.165, 1.54) is 10.8 Å². The van der Waals surface area contributed by atoms with Crippen molar-refractivity contribution in [3.63, 3.8) is 0 Å². The molecule has 1 aromatic heterocycles. The molecule has 1 fully saturated rings. The Morgan fingerprint density at radius 2 is 1.69 bits per heavy atom. The highest BCUT2D eigenvalue weighted by Gasteiger charge is 2.41. The van der Waals surface area contributed by atoms with Crippen LogP contribution in [-0.2, 0) is 14.0 Å². The monoisotopic (exact) mass is 639 g/mol. The molecule has 3 aromatic rings. The number of rotatable bonds is 11. The number of nitrogens with one attached hydrogen (secondary N) is 2. The lowest BCUT2D eigenvalue weighted by molar-refractivity contribution is -0.0274. The van der Waals surface area contributed by atoms with Crippen molar-refractivity contribution in [3.8, 4) is 11.1 Å². The van der Waals surface area contributed by atoms with Crippen LogP contribution in [0.25, 0.3) is 11.1 Å². The molecule has 2 heterocycles. The predicted molar refractivity (Wildman–Crippen MR) is 172 cm³/mol. The molecule has 2 aliphatic rings. The number of H-pyrrole nitrogens is 1. The molecule has 0 saturated carbocycles. The number of benzene rings is 2. The Balaban J connectivity index is 1.27. The first kappa shape index (κ1) is 33.0. The number of aromatic amines is 1. The topological polar surface area (TPSA) is 138 Å². The van der Waals surface area contributed by atoms with Gasteiger partial charge in [-0.3, -0.25) is 14.3 Å². The second-order valence-corrected chi connectivity index (χ2v) is 13.3. The van der Waals surface area contributed by atoms with E-state index < -0.39 is 44.3 Å². The number of hydrogen-bond donors (Lipinski definition) is 3. The van der Waals surface area contributed by atoms with Crippen molar-refractivity contribution < 1.29 is 23.7 Å². The van der Waals surface area contributed by atoms with Crippen molar-refractivity contribution >= 4 is 14.6 Å². The summed E-state index contributed by atoms with van der Waals surface area (Å²) >= 11 is 0. The lowest BCUT2D eigenvalue weighted by Gasteiger charge is -2.40. The minimum Gasteiger partial charge on any atom is -0.449 e. The zero-order chi connectivity index (χ0) is 32.4. The molecule has 0 spiro atoms. The van der Waals surface area contributed by atoms with Gasteiger partial charge < -0.3 is 24.2 Å². The number of nitrogens with zero attached hydrogens (tertiary/aromatic N) is 3. The number of fused-ring (bicyclic) bond motifs is 3. The Kier molecular flexibility index (Phi) is 10.2.